The summed E-state index contributed by atoms with van der Waals surface area (Å²) in [6.45, 7) is 14.2. The van der Waals surface area contributed by atoms with E-state index >= 15 is 0 Å². The molecule has 11 nitrogen and oxygen atoms in total. The van der Waals surface area contributed by atoms with E-state index in [0.29, 0.717) is 17.5 Å². The SMILES string of the molecule is CC(=O)C1CCN(c2ccc(C)cn2)CC1.CC(=O)C1CCN(c2ncc(C)cn2)CC1.CC(=O)C1CCN(c2ncc(F)cn2)CC1. The lowest BCUT2D eigenvalue weighted by molar-refractivity contribution is -0.122. The Morgan fingerprint density at radius 3 is 1.25 bits per heavy atom. The molecule has 0 radical (unpaired) electrons. The van der Waals surface area contributed by atoms with Crippen LogP contribution in [0.4, 0.5) is 22.1 Å². The molecule has 6 rings (SSSR count). The summed E-state index contributed by atoms with van der Waals surface area (Å²) in [6, 6.07) is 4.14. The zero-order chi connectivity index (χ0) is 34.6. The molecule has 0 saturated carbocycles. The van der Waals surface area contributed by atoms with E-state index < -0.39 is 5.82 Å². The quantitative estimate of drug-likeness (QED) is 0.346. The molecule has 0 spiro atoms. The summed E-state index contributed by atoms with van der Waals surface area (Å²) in [5.74, 6) is 3.49. The maximum Gasteiger partial charge on any atom is 0.225 e. The van der Waals surface area contributed by atoms with Crippen LogP contribution in [0.15, 0.2) is 43.1 Å². The third kappa shape index (κ3) is 10.8. The normalized spacial score (nSPS) is 17.5. The summed E-state index contributed by atoms with van der Waals surface area (Å²) in [5.41, 5.74) is 2.25. The maximum absolute atomic E-state index is 12.6. The van der Waals surface area contributed by atoms with E-state index in [-0.39, 0.29) is 23.5 Å². The number of Topliss-reactive ketones (excluding diaryl/α,β-unsaturated/α-hetero) is 3. The standard InChI is InChI=1S/C13H18N2O.C12H17N3O.C11H14FN3O/c1-10-3-4-13(14-9-10)15-7-5-12(6-8-15)11(2)16;1-9-7-13-12(14-8-9)15-5-3-11(4-6-15)10(2)16;1-8(16)9-2-4-15(5-3-9)11-13-6-10(12)7-14-11/h3-4,9,12H,5-8H2,1-2H3;7-8,11H,3-6H2,1-2H3;6-7,9H,2-5H2,1H3. The van der Waals surface area contributed by atoms with Crippen molar-refractivity contribution in [2.75, 3.05) is 54.0 Å². The lowest BCUT2D eigenvalue weighted by Crippen LogP contribution is -2.36. The molecule has 0 N–H and O–H groups in total. The van der Waals surface area contributed by atoms with E-state index in [1.165, 1.54) is 18.0 Å². The molecule has 3 aromatic rings. The van der Waals surface area contributed by atoms with Crippen LogP contribution in [0, 0.1) is 37.4 Å². The Labute approximate surface area is 283 Å². The minimum Gasteiger partial charge on any atom is -0.357 e. The highest BCUT2D eigenvalue weighted by Gasteiger charge is 2.25. The average Bonchev–Trinajstić information content (AvgIpc) is 3.10. The number of halogens is 1. The van der Waals surface area contributed by atoms with Crippen LogP contribution < -0.4 is 14.7 Å². The van der Waals surface area contributed by atoms with Crippen molar-refractivity contribution in [3.63, 3.8) is 0 Å². The van der Waals surface area contributed by atoms with Gasteiger partial charge in [-0.3, -0.25) is 14.4 Å². The van der Waals surface area contributed by atoms with Crippen LogP contribution in [-0.4, -0.2) is 81.5 Å². The summed E-state index contributed by atoms with van der Waals surface area (Å²) in [6.07, 6.45) is 13.3. The summed E-state index contributed by atoms with van der Waals surface area (Å²) >= 11 is 0. The molecule has 258 valence electrons. The molecule has 0 unspecified atom stereocenters. The van der Waals surface area contributed by atoms with Gasteiger partial charge in [-0.1, -0.05) is 6.07 Å². The summed E-state index contributed by atoms with van der Waals surface area (Å²) < 4.78 is 12.6. The van der Waals surface area contributed by atoms with Crippen molar-refractivity contribution in [3.05, 3.63) is 60.1 Å². The van der Waals surface area contributed by atoms with Crippen molar-refractivity contribution in [1.29, 1.82) is 0 Å². The van der Waals surface area contributed by atoms with E-state index in [1.807, 2.05) is 37.3 Å². The molecule has 12 heteroatoms. The highest BCUT2D eigenvalue weighted by atomic mass is 19.1. The highest BCUT2D eigenvalue weighted by molar-refractivity contribution is 5.79. The molecule has 0 aliphatic carbocycles. The Bertz CT molecular complexity index is 1280. The minimum absolute atomic E-state index is 0.164. The van der Waals surface area contributed by atoms with E-state index in [4.69, 9.17) is 0 Å². The second-order valence-electron chi connectivity index (χ2n) is 13.1. The zero-order valence-corrected chi connectivity index (χ0v) is 28.9. The number of carbonyl (C=O) groups is 3. The first-order chi connectivity index (χ1) is 23.0. The van der Waals surface area contributed by atoms with Crippen molar-refractivity contribution >= 4 is 35.1 Å². The largest absolute Gasteiger partial charge is 0.357 e. The number of nitrogens with zero attached hydrogens (tertiary/aromatic N) is 8. The van der Waals surface area contributed by atoms with Gasteiger partial charge in [0.15, 0.2) is 5.82 Å². The van der Waals surface area contributed by atoms with Crippen LogP contribution >= 0.6 is 0 Å². The fraction of sp³-hybridized carbons (Fsp3) is 0.556. The van der Waals surface area contributed by atoms with Gasteiger partial charge >= 0.3 is 0 Å². The van der Waals surface area contributed by atoms with Crippen LogP contribution in [0.25, 0.3) is 0 Å². The topological polar surface area (TPSA) is 125 Å². The fourth-order valence-electron chi connectivity index (χ4n) is 6.15. The molecule has 3 aliphatic heterocycles. The Hall–Kier alpha value is -4.35. The van der Waals surface area contributed by atoms with Gasteiger partial charge in [-0.15, -0.1) is 0 Å². The van der Waals surface area contributed by atoms with Gasteiger partial charge in [0.1, 0.15) is 23.2 Å². The van der Waals surface area contributed by atoms with Crippen molar-refractivity contribution in [1.82, 2.24) is 24.9 Å². The zero-order valence-electron chi connectivity index (χ0n) is 28.9. The lowest BCUT2D eigenvalue weighted by Gasteiger charge is -2.31. The lowest BCUT2D eigenvalue weighted by atomic mass is 9.93. The molecule has 48 heavy (non-hydrogen) atoms. The van der Waals surface area contributed by atoms with Crippen LogP contribution in [0.3, 0.4) is 0 Å². The number of hydrogen-bond acceptors (Lipinski definition) is 11. The van der Waals surface area contributed by atoms with Crippen molar-refractivity contribution in [2.45, 2.75) is 73.1 Å². The second kappa shape index (κ2) is 17.7. The predicted octanol–water partition coefficient (Wildman–Crippen LogP) is 5.21. The van der Waals surface area contributed by atoms with E-state index in [1.54, 1.807) is 20.8 Å². The number of carbonyl (C=O) groups excluding carboxylic acids is 3. The van der Waals surface area contributed by atoms with Crippen LogP contribution in [0.1, 0.15) is 70.4 Å². The van der Waals surface area contributed by atoms with Gasteiger partial charge in [0.2, 0.25) is 11.9 Å². The molecule has 3 aliphatic rings. The predicted molar refractivity (Wildman–Crippen MR) is 185 cm³/mol. The molecule has 3 saturated heterocycles. The van der Waals surface area contributed by atoms with E-state index in [2.05, 4.69) is 46.9 Å². The number of pyridine rings is 1. The van der Waals surface area contributed by atoms with Gasteiger partial charge in [-0.2, -0.15) is 0 Å². The second-order valence-corrected chi connectivity index (χ2v) is 13.1. The van der Waals surface area contributed by atoms with Crippen LogP contribution in [-0.2, 0) is 14.4 Å². The Kier molecular flexibility index (Phi) is 13.5. The Morgan fingerprint density at radius 2 is 0.896 bits per heavy atom. The first-order valence-electron chi connectivity index (χ1n) is 16.9. The summed E-state index contributed by atoms with van der Waals surface area (Å²) in [4.78, 5) is 60.9. The van der Waals surface area contributed by atoms with Crippen LogP contribution in [0.2, 0.25) is 0 Å². The third-order valence-electron chi connectivity index (χ3n) is 9.37. The average molecular weight is 661 g/mol. The highest BCUT2D eigenvalue weighted by Crippen LogP contribution is 2.23. The smallest absolute Gasteiger partial charge is 0.225 e. The molecule has 0 bridgehead atoms. The molecule has 0 aromatic carbocycles. The molecule has 3 aromatic heterocycles. The molecule has 0 atom stereocenters. The van der Waals surface area contributed by atoms with Crippen molar-refractivity contribution in [3.8, 4) is 0 Å². The molecule has 3 fully saturated rings. The number of anilines is 3. The van der Waals surface area contributed by atoms with Crippen molar-refractivity contribution in [2.24, 2.45) is 17.8 Å². The Balaban J connectivity index is 0.000000163. The van der Waals surface area contributed by atoms with Crippen LogP contribution in [0.5, 0.6) is 0 Å². The Morgan fingerprint density at radius 1 is 0.542 bits per heavy atom. The minimum atomic E-state index is -0.428. The molecular formula is C36H49FN8O3. The molecule has 0 amide bonds. The number of aromatic nitrogens is 5. The van der Waals surface area contributed by atoms with Gasteiger partial charge in [-0.05, 0) is 90.3 Å². The fourth-order valence-corrected chi connectivity index (χ4v) is 6.15. The van der Waals surface area contributed by atoms with Gasteiger partial charge in [0, 0.05) is 75.6 Å². The number of piperidine rings is 3. The van der Waals surface area contributed by atoms with Crippen molar-refractivity contribution < 1.29 is 18.8 Å². The van der Waals surface area contributed by atoms with Gasteiger partial charge in [0.25, 0.3) is 0 Å². The van der Waals surface area contributed by atoms with E-state index in [0.717, 1.165) is 95.1 Å². The number of aryl methyl sites for hydroxylation is 2. The number of hydrogen-bond donors (Lipinski definition) is 0. The first kappa shape index (κ1) is 36.5. The maximum atomic E-state index is 12.6. The number of ketones is 3. The molecular weight excluding hydrogens is 611 g/mol. The van der Waals surface area contributed by atoms with Gasteiger partial charge in [0.05, 0.1) is 12.4 Å². The summed E-state index contributed by atoms with van der Waals surface area (Å²) in [5, 5.41) is 0. The number of rotatable bonds is 6. The summed E-state index contributed by atoms with van der Waals surface area (Å²) in [7, 11) is 0. The first-order valence-corrected chi connectivity index (χ1v) is 16.9. The van der Waals surface area contributed by atoms with Gasteiger partial charge < -0.3 is 14.7 Å². The molecule has 6 heterocycles. The van der Waals surface area contributed by atoms with E-state index in [9.17, 15) is 18.8 Å². The third-order valence-corrected chi connectivity index (χ3v) is 9.37. The van der Waals surface area contributed by atoms with Gasteiger partial charge in [-0.25, -0.2) is 29.3 Å². The monoisotopic (exact) mass is 660 g/mol.